The molecule has 0 atom stereocenters. The molecule has 0 saturated heterocycles. The second-order valence-corrected chi connectivity index (χ2v) is 6.91. The first-order chi connectivity index (χ1) is 9.10. The standard InChI is InChI=1S/C12H14BrN5S/c1-3-8-10-11(17(2)16-8)18(12(14)15-10)6-7-4-5-9(13)19-7/h4-5H,3,6H2,1-2H3,(H2,14,15). The van der Waals surface area contributed by atoms with E-state index in [0.29, 0.717) is 5.95 Å². The van der Waals surface area contributed by atoms with Crippen molar-refractivity contribution in [3.63, 3.8) is 0 Å². The van der Waals surface area contributed by atoms with Crippen molar-refractivity contribution in [2.45, 2.75) is 19.9 Å². The third-order valence-electron chi connectivity index (χ3n) is 3.10. The van der Waals surface area contributed by atoms with Gasteiger partial charge >= 0.3 is 0 Å². The lowest BCUT2D eigenvalue weighted by Gasteiger charge is -2.04. The van der Waals surface area contributed by atoms with E-state index in [-0.39, 0.29) is 0 Å². The molecule has 0 saturated carbocycles. The molecule has 0 unspecified atom stereocenters. The number of hydrogen-bond acceptors (Lipinski definition) is 4. The summed E-state index contributed by atoms with van der Waals surface area (Å²) >= 11 is 5.18. The first-order valence-electron chi connectivity index (χ1n) is 6.02. The maximum Gasteiger partial charge on any atom is 0.202 e. The summed E-state index contributed by atoms with van der Waals surface area (Å²) in [6, 6.07) is 4.14. The molecule has 0 aliphatic heterocycles. The predicted octanol–water partition coefficient (Wildman–Crippen LogP) is 2.79. The molecule has 5 nitrogen and oxygen atoms in total. The average Bonchev–Trinajstić information content (AvgIpc) is 3.00. The third-order valence-corrected chi connectivity index (χ3v) is 4.71. The number of fused-ring (bicyclic) bond motifs is 1. The number of nitrogens with zero attached hydrogens (tertiary/aromatic N) is 4. The fourth-order valence-electron chi connectivity index (χ4n) is 2.25. The number of anilines is 1. The zero-order valence-electron chi connectivity index (χ0n) is 10.7. The topological polar surface area (TPSA) is 61.7 Å². The van der Waals surface area contributed by atoms with E-state index >= 15 is 0 Å². The molecule has 0 aliphatic carbocycles. The van der Waals surface area contributed by atoms with Gasteiger partial charge in [-0.2, -0.15) is 5.10 Å². The van der Waals surface area contributed by atoms with Gasteiger partial charge in [-0.05, 0) is 34.5 Å². The van der Waals surface area contributed by atoms with E-state index in [4.69, 9.17) is 5.73 Å². The van der Waals surface area contributed by atoms with Crippen molar-refractivity contribution < 1.29 is 0 Å². The molecule has 7 heteroatoms. The maximum atomic E-state index is 6.05. The van der Waals surface area contributed by atoms with Gasteiger partial charge in [0.2, 0.25) is 5.95 Å². The lowest BCUT2D eigenvalue weighted by Crippen LogP contribution is -2.07. The van der Waals surface area contributed by atoms with Crippen LogP contribution in [0.5, 0.6) is 0 Å². The number of nitrogens with two attached hydrogens (primary N) is 1. The van der Waals surface area contributed by atoms with E-state index in [1.54, 1.807) is 11.3 Å². The van der Waals surface area contributed by atoms with Crippen LogP contribution in [0.2, 0.25) is 0 Å². The number of halogens is 1. The van der Waals surface area contributed by atoms with Crippen molar-refractivity contribution in [2.75, 3.05) is 5.73 Å². The summed E-state index contributed by atoms with van der Waals surface area (Å²) in [7, 11) is 1.93. The minimum atomic E-state index is 0.544. The number of imidazole rings is 1. The summed E-state index contributed by atoms with van der Waals surface area (Å²) < 4.78 is 5.00. The van der Waals surface area contributed by atoms with Crippen molar-refractivity contribution in [1.29, 1.82) is 0 Å². The minimum absolute atomic E-state index is 0.544. The zero-order valence-corrected chi connectivity index (χ0v) is 13.1. The molecule has 0 amide bonds. The van der Waals surface area contributed by atoms with Crippen molar-refractivity contribution in [1.82, 2.24) is 19.3 Å². The molecule has 0 aliphatic rings. The average molecular weight is 340 g/mol. The van der Waals surface area contributed by atoms with Crippen molar-refractivity contribution in [2.24, 2.45) is 7.05 Å². The Labute approximate surface area is 123 Å². The van der Waals surface area contributed by atoms with Gasteiger partial charge in [0.05, 0.1) is 16.0 Å². The molecule has 0 spiro atoms. The van der Waals surface area contributed by atoms with E-state index < -0.39 is 0 Å². The van der Waals surface area contributed by atoms with Gasteiger partial charge < -0.3 is 5.73 Å². The quantitative estimate of drug-likeness (QED) is 0.798. The van der Waals surface area contributed by atoms with Gasteiger partial charge in [0, 0.05) is 11.9 Å². The fourth-order valence-corrected chi connectivity index (χ4v) is 3.72. The monoisotopic (exact) mass is 339 g/mol. The first-order valence-corrected chi connectivity index (χ1v) is 7.63. The van der Waals surface area contributed by atoms with Crippen LogP contribution in [-0.2, 0) is 20.0 Å². The molecule has 2 N–H and O–H groups in total. The predicted molar refractivity (Wildman–Crippen MR) is 81.4 cm³/mol. The maximum absolute atomic E-state index is 6.05. The molecule has 19 heavy (non-hydrogen) atoms. The van der Waals surface area contributed by atoms with Gasteiger partial charge in [-0.3, -0.25) is 9.25 Å². The van der Waals surface area contributed by atoms with Crippen LogP contribution in [0.3, 0.4) is 0 Å². The summed E-state index contributed by atoms with van der Waals surface area (Å²) in [6.45, 7) is 2.80. The molecule has 3 rings (SSSR count). The van der Waals surface area contributed by atoms with Crippen LogP contribution in [0.4, 0.5) is 5.95 Å². The van der Waals surface area contributed by atoms with E-state index in [0.717, 1.165) is 33.6 Å². The Bertz CT molecular complexity index is 739. The Kier molecular flexibility index (Phi) is 3.10. The van der Waals surface area contributed by atoms with Crippen LogP contribution in [-0.4, -0.2) is 19.3 Å². The smallest absolute Gasteiger partial charge is 0.202 e. The molecular formula is C12H14BrN5S. The van der Waals surface area contributed by atoms with E-state index in [1.807, 2.05) is 22.4 Å². The van der Waals surface area contributed by atoms with Gasteiger partial charge in [-0.25, -0.2) is 4.98 Å². The first kappa shape index (κ1) is 12.7. The highest BCUT2D eigenvalue weighted by Crippen LogP contribution is 2.26. The third kappa shape index (κ3) is 2.06. The van der Waals surface area contributed by atoms with Crippen LogP contribution < -0.4 is 5.73 Å². The number of nitrogen functional groups attached to an aromatic ring is 1. The van der Waals surface area contributed by atoms with Crippen LogP contribution in [0.25, 0.3) is 11.2 Å². The Morgan fingerprint density at radius 2 is 2.21 bits per heavy atom. The van der Waals surface area contributed by atoms with Crippen molar-refractivity contribution in [3.05, 3.63) is 26.5 Å². The van der Waals surface area contributed by atoms with Gasteiger partial charge in [0.1, 0.15) is 5.52 Å². The highest BCUT2D eigenvalue weighted by Gasteiger charge is 2.17. The van der Waals surface area contributed by atoms with E-state index in [2.05, 4.69) is 39.0 Å². The second-order valence-electron chi connectivity index (χ2n) is 4.36. The van der Waals surface area contributed by atoms with Crippen LogP contribution in [0.1, 0.15) is 17.5 Å². The Hall–Kier alpha value is -1.34. The SMILES string of the molecule is CCc1nn(C)c2c1nc(N)n2Cc1ccc(Br)s1. The Balaban J connectivity index is 2.12. The Morgan fingerprint density at radius 1 is 1.42 bits per heavy atom. The summed E-state index contributed by atoms with van der Waals surface area (Å²) in [5.41, 5.74) is 8.94. The molecule has 0 aromatic carbocycles. The molecule has 3 aromatic rings. The van der Waals surface area contributed by atoms with Gasteiger partial charge in [-0.1, -0.05) is 6.92 Å². The number of hydrogen-bond donors (Lipinski definition) is 1. The Morgan fingerprint density at radius 3 is 2.84 bits per heavy atom. The summed E-state index contributed by atoms with van der Waals surface area (Å²) in [5, 5.41) is 4.49. The lowest BCUT2D eigenvalue weighted by molar-refractivity contribution is 0.722. The van der Waals surface area contributed by atoms with Crippen LogP contribution in [0.15, 0.2) is 15.9 Å². The van der Waals surface area contributed by atoms with Gasteiger partial charge in [-0.15, -0.1) is 11.3 Å². The largest absolute Gasteiger partial charge is 0.369 e. The van der Waals surface area contributed by atoms with Crippen LogP contribution in [0, 0.1) is 0 Å². The minimum Gasteiger partial charge on any atom is -0.369 e. The molecule has 0 fully saturated rings. The van der Waals surface area contributed by atoms with E-state index in [1.165, 1.54) is 4.88 Å². The number of aromatic nitrogens is 4. The van der Waals surface area contributed by atoms with Gasteiger partial charge in [0.25, 0.3) is 0 Å². The molecule has 3 heterocycles. The summed E-state index contributed by atoms with van der Waals surface area (Å²) in [6.07, 6.45) is 0.859. The molecule has 3 aromatic heterocycles. The second kappa shape index (κ2) is 4.64. The van der Waals surface area contributed by atoms with E-state index in [9.17, 15) is 0 Å². The van der Waals surface area contributed by atoms with Crippen molar-refractivity contribution in [3.8, 4) is 0 Å². The highest BCUT2D eigenvalue weighted by molar-refractivity contribution is 9.11. The molecule has 100 valence electrons. The normalized spacial score (nSPS) is 11.5. The number of aryl methyl sites for hydroxylation is 2. The fraction of sp³-hybridized carbons (Fsp3) is 0.333. The van der Waals surface area contributed by atoms with Crippen molar-refractivity contribution >= 4 is 44.4 Å². The number of rotatable bonds is 3. The highest BCUT2D eigenvalue weighted by atomic mass is 79.9. The molecular weight excluding hydrogens is 326 g/mol. The molecule has 0 radical (unpaired) electrons. The molecule has 0 bridgehead atoms. The lowest BCUT2D eigenvalue weighted by atomic mass is 10.3. The zero-order chi connectivity index (χ0) is 13.6. The summed E-state index contributed by atoms with van der Waals surface area (Å²) in [5.74, 6) is 0.544. The summed E-state index contributed by atoms with van der Waals surface area (Å²) in [4.78, 5) is 5.69. The van der Waals surface area contributed by atoms with Gasteiger partial charge in [0.15, 0.2) is 5.65 Å². The van der Waals surface area contributed by atoms with Crippen LogP contribution >= 0.6 is 27.3 Å². The number of thiophene rings is 1.